The number of para-hydroxylation sites is 1. The highest BCUT2D eigenvalue weighted by atomic mass is 35.5. The Hall–Kier alpha value is -2.03. The summed E-state index contributed by atoms with van der Waals surface area (Å²) in [7, 11) is 0. The van der Waals surface area contributed by atoms with E-state index in [0.717, 1.165) is 11.4 Å². The van der Waals surface area contributed by atoms with Gasteiger partial charge in [0, 0.05) is 0 Å². The molecule has 9 heteroatoms. The summed E-state index contributed by atoms with van der Waals surface area (Å²) in [6.45, 7) is 0.377. The van der Waals surface area contributed by atoms with E-state index in [4.69, 9.17) is 16.0 Å². The van der Waals surface area contributed by atoms with Crippen LogP contribution in [-0.2, 0) is 11.3 Å². The van der Waals surface area contributed by atoms with Crippen molar-refractivity contribution in [3.8, 4) is 0 Å². The van der Waals surface area contributed by atoms with Crippen LogP contribution >= 0.6 is 34.7 Å². The molecule has 2 aromatic heterocycles. The summed E-state index contributed by atoms with van der Waals surface area (Å²) in [6, 6.07) is 11.0. The van der Waals surface area contributed by atoms with Crippen molar-refractivity contribution in [2.45, 2.75) is 10.9 Å². The van der Waals surface area contributed by atoms with Crippen molar-refractivity contribution < 1.29 is 9.21 Å². The molecule has 0 saturated heterocycles. The Kier molecular flexibility index (Phi) is 5.73. The van der Waals surface area contributed by atoms with Gasteiger partial charge in [-0.05, 0) is 24.3 Å². The molecule has 124 valence electrons. The summed E-state index contributed by atoms with van der Waals surface area (Å²) in [5.74, 6) is 0.893. The first-order valence-corrected chi connectivity index (χ1v) is 9.15. The van der Waals surface area contributed by atoms with E-state index in [2.05, 4.69) is 20.8 Å². The lowest BCUT2D eigenvalue weighted by atomic mass is 10.3. The zero-order chi connectivity index (χ0) is 16.8. The number of thioether (sulfide) groups is 1. The Morgan fingerprint density at radius 2 is 2.12 bits per heavy atom. The van der Waals surface area contributed by atoms with Crippen LogP contribution in [0.1, 0.15) is 5.76 Å². The van der Waals surface area contributed by atoms with Gasteiger partial charge in [0.05, 0.1) is 29.3 Å². The smallest absolute Gasteiger partial charge is 0.230 e. The molecule has 0 fully saturated rings. The maximum Gasteiger partial charge on any atom is 0.230 e. The maximum atomic E-state index is 11.8. The van der Waals surface area contributed by atoms with Crippen LogP contribution < -0.4 is 10.6 Å². The van der Waals surface area contributed by atoms with E-state index in [-0.39, 0.29) is 11.7 Å². The average Bonchev–Trinajstić information content (AvgIpc) is 3.25. The maximum absolute atomic E-state index is 11.8. The van der Waals surface area contributed by atoms with E-state index in [1.165, 1.54) is 23.1 Å². The minimum absolute atomic E-state index is 0.0905. The van der Waals surface area contributed by atoms with Crippen molar-refractivity contribution >= 4 is 51.4 Å². The van der Waals surface area contributed by atoms with Crippen molar-refractivity contribution in [1.29, 1.82) is 0 Å². The van der Waals surface area contributed by atoms with Crippen molar-refractivity contribution in [2.24, 2.45) is 0 Å². The Balaban J connectivity index is 1.47. The van der Waals surface area contributed by atoms with Crippen LogP contribution in [0.3, 0.4) is 0 Å². The molecule has 2 heterocycles. The molecule has 2 N–H and O–H groups in total. The Morgan fingerprint density at radius 3 is 2.92 bits per heavy atom. The topological polar surface area (TPSA) is 80.0 Å². The number of nitrogens with one attached hydrogen (secondary N) is 2. The lowest BCUT2D eigenvalue weighted by Crippen LogP contribution is -2.24. The monoisotopic (exact) mass is 380 g/mol. The number of nitrogens with zero attached hydrogens (tertiary/aromatic N) is 2. The van der Waals surface area contributed by atoms with Crippen molar-refractivity contribution in [1.82, 2.24) is 15.5 Å². The van der Waals surface area contributed by atoms with Gasteiger partial charge in [0.25, 0.3) is 0 Å². The second-order valence-corrected chi connectivity index (χ2v) is 7.23. The number of aromatic nitrogens is 2. The fourth-order valence-electron chi connectivity index (χ4n) is 1.77. The van der Waals surface area contributed by atoms with Crippen molar-refractivity contribution in [3.63, 3.8) is 0 Å². The zero-order valence-corrected chi connectivity index (χ0v) is 14.7. The summed E-state index contributed by atoms with van der Waals surface area (Å²) < 4.78 is 5.86. The molecule has 0 unspecified atom stereocenters. The molecule has 0 radical (unpaired) electrons. The number of amides is 1. The first-order chi connectivity index (χ1) is 11.7. The molecular formula is C15H13ClN4O2S2. The molecule has 1 amide bonds. The van der Waals surface area contributed by atoms with Crippen molar-refractivity contribution in [2.75, 3.05) is 11.1 Å². The average molecular weight is 381 g/mol. The Labute approximate surface area is 151 Å². The molecule has 1 aromatic carbocycles. The third-order valence-corrected chi connectivity index (χ3v) is 5.19. The third-order valence-electron chi connectivity index (χ3n) is 2.89. The number of rotatable bonds is 7. The summed E-state index contributed by atoms with van der Waals surface area (Å²) in [5.41, 5.74) is 0.767. The highest BCUT2D eigenvalue weighted by Gasteiger charge is 2.09. The number of halogens is 1. The fraction of sp³-hybridized carbons (Fsp3) is 0.133. The molecule has 0 saturated carbocycles. The van der Waals surface area contributed by atoms with E-state index in [9.17, 15) is 4.79 Å². The van der Waals surface area contributed by atoms with Gasteiger partial charge in [0.2, 0.25) is 11.0 Å². The molecular weight excluding hydrogens is 368 g/mol. The van der Waals surface area contributed by atoms with Gasteiger partial charge in [0.15, 0.2) is 4.34 Å². The largest absolute Gasteiger partial charge is 0.467 e. The van der Waals surface area contributed by atoms with E-state index in [1.54, 1.807) is 18.4 Å². The minimum atomic E-state index is -0.0905. The van der Waals surface area contributed by atoms with Gasteiger partial charge in [-0.25, -0.2) is 0 Å². The highest BCUT2D eigenvalue weighted by Crippen LogP contribution is 2.30. The van der Waals surface area contributed by atoms with Crippen LogP contribution in [0.4, 0.5) is 10.8 Å². The fourth-order valence-corrected chi connectivity index (χ4v) is 3.55. The summed E-state index contributed by atoms with van der Waals surface area (Å²) >= 11 is 8.79. The molecule has 3 aromatic rings. The number of anilines is 2. The number of carbonyl (C=O) groups excluding carboxylic acids is 1. The van der Waals surface area contributed by atoms with Gasteiger partial charge >= 0.3 is 0 Å². The molecule has 3 rings (SSSR count). The van der Waals surface area contributed by atoms with Gasteiger partial charge in [-0.1, -0.05) is 46.8 Å². The molecule has 0 aliphatic heterocycles. The van der Waals surface area contributed by atoms with Crippen LogP contribution in [0.5, 0.6) is 0 Å². The van der Waals surface area contributed by atoms with E-state index < -0.39 is 0 Å². The zero-order valence-electron chi connectivity index (χ0n) is 12.4. The molecule has 24 heavy (non-hydrogen) atoms. The van der Waals surface area contributed by atoms with E-state index in [1.807, 2.05) is 24.3 Å². The second kappa shape index (κ2) is 8.18. The van der Waals surface area contributed by atoms with Gasteiger partial charge in [0.1, 0.15) is 5.76 Å². The number of hydrogen-bond donors (Lipinski definition) is 2. The Morgan fingerprint density at radius 1 is 1.25 bits per heavy atom. The highest BCUT2D eigenvalue weighted by molar-refractivity contribution is 8.01. The van der Waals surface area contributed by atoms with E-state index in [0.29, 0.717) is 21.0 Å². The van der Waals surface area contributed by atoms with E-state index >= 15 is 0 Å². The number of hydrogen-bond acceptors (Lipinski definition) is 7. The third kappa shape index (κ3) is 4.73. The number of carbonyl (C=O) groups is 1. The predicted octanol–water partition coefficient (Wildman–Crippen LogP) is 3.94. The lowest BCUT2D eigenvalue weighted by molar-refractivity contribution is -0.118. The van der Waals surface area contributed by atoms with Crippen LogP contribution in [0.15, 0.2) is 51.4 Å². The molecule has 0 spiro atoms. The number of benzene rings is 1. The molecule has 0 aliphatic carbocycles. The normalized spacial score (nSPS) is 10.5. The first kappa shape index (κ1) is 16.8. The number of furan rings is 1. The first-order valence-electron chi connectivity index (χ1n) is 6.97. The van der Waals surface area contributed by atoms with Crippen LogP contribution in [0.2, 0.25) is 5.02 Å². The molecule has 0 atom stereocenters. The van der Waals surface area contributed by atoms with Crippen LogP contribution in [0, 0.1) is 0 Å². The molecule has 0 bridgehead atoms. The quantitative estimate of drug-likeness (QED) is 0.604. The summed E-state index contributed by atoms with van der Waals surface area (Å²) in [4.78, 5) is 11.8. The molecule has 0 aliphatic rings. The Bertz CT molecular complexity index is 807. The standard InChI is InChI=1S/C15H13ClN4O2S2/c16-11-5-1-2-6-12(11)18-14-19-20-15(24-14)23-9-13(21)17-8-10-4-3-7-22-10/h1-7H,8-9H2,(H,17,21)(H,18,19). The van der Waals surface area contributed by atoms with Gasteiger partial charge in [-0.2, -0.15) is 0 Å². The van der Waals surface area contributed by atoms with Crippen molar-refractivity contribution in [3.05, 3.63) is 53.4 Å². The second-order valence-electron chi connectivity index (χ2n) is 4.62. The summed E-state index contributed by atoms with van der Waals surface area (Å²) in [6.07, 6.45) is 1.57. The minimum Gasteiger partial charge on any atom is -0.467 e. The summed E-state index contributed by atoms with van der Waals surface area (Å²) in [5, 5.41) is 15.2. The van der Waals surface area contributed by atoms with Gasteiger partial charge < -0.3 is 15.1 Å². The SMILES string of the molecule is O=C(CSc1nnc(Nc2ccccc2Cl)s1)NCc1ccco1. The van der Waals surface area contributed by atoms with Crippen LogP contribution in [0.25, 0.3) is 0 Å². The van der Waals surface area contributed by atoms with Crippen LogP contribution in [-0.4, -0.2) is 21.9 Å². The lowest BCUT2D eigenvalue weighted by Gasteiger charge is -2.03. The van der Waals surface area contributed by atoms with Gasteiger partial charge in [-0.15, -0.1) is 10.2 Å². The predicted molar refractivity (Wildman–Crippen MR) is 95.9 cm³/mol. The van der Waals surface area contributed by atoms with Gasteiger partial charge in [-0.3, -0.25) is 4.79 Å². The molecule has 6 nitrogen and oxygen atoms in total.